The van der Waals surface area contributed by atoms with E-state index in [9.17, 15) is 4.79 Å². The number of benzene rings is 1. The fourth-order valence-electron chi connectivity index (χ4n) is 3.20. The normalized spacial score (nSPS) is 10.7. The molecule has 8 heteroatoms. The van der Waals surface area contributed by atoms with Crippen molar-refractivity contribution in [3.05, 3.63) is 88.2 Å². The maximum atomic E-state index is 12.8. The van der Waals surface area contributed by atoms with Crippen LogP contribution in [-0.4, -0.2) is 26.8 Å². The SMILES string of the molecule is COc1ncccc1CNc1cc(=O)n(OCc2ccccc2)c2ncnc(C)c12. The number of anilines is 1. The predicted molar refractivity (Wildman–Crippen MR) is 113 cm³/mol. The number of methoxy groups -OCH3 is 1. The first-order valence-corrected chi connectivity index (χ1v) is 9.43. The van der Waals surface area contributed by atoms with Crippen LogP contribution in [0.2, 0.25) is 0 Å². The molecule has 0 bridgehead atoms. The Morgan fingerprint density at radius 3 is 2.70 bits per heavy atom. The summed E-state index contributed by atoms with van der Waals surface area (Å²) >= 11 is 0. The summed E-state index contributed by atoms with van der Waals surface area (Å²) < 4.78 is 6.52. The van der Waals surface area contributed by atoms with Crippen molar-refractivity contribution in [1.82, 2.24) is 19.7 Å². The average Bonchev–Trinajstić information content (AvgIpc) is 2.78. The number of ether oxygens (including phenoxy) is 1. The summed E-state index contributed by atoms with van der Waals surface area (Å²) in [6, 6.07) is 14.9. The van der Waals surface area contributed by atoms with Crippen LogP contribution in [0.25, 0.3) is 11.0 Å². The van der Waals surface area contributed by atoms with Crippen LogP contribution in [0.15, 0.2) is 65.8 Å². The fourth-order valence-corrected chi connectivity index (χ4v) is 3.20. The number of aromatic nitrogens is 4. The van der Waals surface area contributed by atoms with Gasteiger partial charge in [0.1, 0.15) is 12.9 Å². The number of rotatable bonds is 7. The Kier molecular flexibility index (Phi) is 5.56. The van der Waals surface area contributed by atoms with E-state index in [1.807, 2.05) is 49.4 Å². The van der Waals surface area contributed by atoms with Crippen LogP contribution in [-0.2, 0) is 13.2 Å². The highest BCUT2D eigenvalue weighted by Gasteiger charge is 2.15. The zero-order valence-electron chi connectivity index (χ0n) is 16.7. The number of nitrogens with one attached hydrogen (secondary N) is 1. The zero-order chi connectivity index (χ0) is 20.9. The molecule has 0 saturated heterocycles. The monoisotopic (exact) mass is 403 g/mol. The Hall–Kier alpha value is -3.94. The molecule has 152 valence electrons. The molecule has 0 aliphatic heterocycles. The molecule has 0 aliphatic rings. The quantitative estimate of drug-likeness (QED) is 0.507. The zero-order valence-corrected chi connectivity index (χ0v) is 16.7. The molecule has 3 aromatic heterocycles. The molecule has 0 fully saturated rings. The molecule has 30 heavy (non-hydrogen) atoms. The summed E-state index contributed by atoms with van der Waals surface area (Å²) in [5, 5.41) is 4.01. The molecule has 0 spiro atoms. The smallest absolute Gasteiger partial charge is 0.287 e. The van der Waals surface area contributed by atoms with E-state index < -0.39 is 0 Å². The van der Waals surface area contributed by atoms with E-state index in [-0.39, 0.29) is 12.2 Å². The second-order valence-electron chi connectivity index (χ2n) is 6.63. The maximum Gasteiger partial charge on any atom is 0.287 e. The van der Waals surface area contributed by atoms with E-state index in [2.05, 4.69) is 20.3 Å². The third kappa shape index (κ3) is 3.93. The maximum absolute atomic E-state index is 12.8. The van der Waals surface area contributed by atoms with Gasteiger partial charge in [-0.3, -0.25) is 4.79 Å². The molecule has 0 unspecified atom stereocenters. The van der Waals surface area contributed by atoms with Crippen molar-refractivity contribution in [1.29, 1.82) is 0 Å². The Morgan fingerprint density at radius 2 is 1.90 bits per heavy atom. The van der Waals surface area contributed by atoms with E-state index in [4.69, 9.17) is 9.57 Å². The highest BCUT2D eigenvalue weighted by Crippen LogP contribution is 2.24. The van der Waals surface area contributed by atoms with Crippen LogP contribution >= 0.6 is 0 Å². The van der Waals surface area contributed by atoms with E-state index in [1.165, 1.54) is 17.1 Å². The molecule has 3 heterocycles. The van der Waals surface area contributed by atoms with E-state index in [0.717, 1.165) is 16.8 Å². The van der Waals surface area contributed by atoms with Gasteiger partial charge in [-0.05, 0) is 18.6 Å². The van der Waals surface area contributed by atoms with E-state index >= 15 is 0 Å². The molecule has 8 nitrogen and oxygen atoms in total. The summed E-state index contributed by atoms with van der Waals surface area (Å²) in [5.74, 6) is 0.529. The van der Waals surface area contributed by atoms with Gasteiger partial charge >= 0.3 is 0 Å². The average molecular weight is 403 g/mol. The topological polar surface area (TPSA) is 91.2 Å². The Bertz CT molecular complexity index is 1220. The van der Waals surface area contributed by atoms with Gasteiger partial charge in [0.2, 0.25) is 5.88 Å². The fraction of sp³-hybridized carbons (Fsp3) is 0.182. The third-order valence-corrected chi connectivity index (χ3v) is 4.66. The van der Waals surface area contributed by atoms with Gasteiger partial charge in [0.25, 0.3) is 5.56 Å². The van der Waals surface area contributed by atoms with E-state index in [0.29, 0.717) is 29.1 Å². The van der Waals surface area contributed by atoms with Gasteiger partial charge in [-0.15, -0.1) is 4.73 Å². The molecule has 1 aromatic carbocycles. The van der Waals surface area contributed by atoms with Gasteiger partial charge in [-0.2, -0.15) is 0 Å². The molecule has 0 radical (unpaired) electrons. The summed E-state index contributed by atoms with van der Waals surface area (Å²) in [4.78, 5) is 31.4. The summed E-state index contributed by atoms with van der Waals surface area (Å²) in [6.07, 6.45) is 3.09. The van der Waals surface area contributed by atoms with Gasteiger partial charge < -0.3 is 14.9 Å². The minimum atomic E-state index is -0.322. The van der Waals surface area contributed by atoms with Gasteiger partial charge in [-0.1, -0.05) is 36.4 Å². The lowest BCUT2D eigenvalue weighted by atomic mass is 10.2. The summed E-state index contributed by atoms with van der Waals surface area (Å²) in [6.45, 7) is 2.54. The lowest BCUT2D eigenvalue weighted by Gasteiger charge is -2.16. The highest BCUT2D eigenvalue weighted by atomic mass is 16.7. The molecular weight excluding hydrogens is 382 g/mol. The van der Waals surface area contributed by atoms with Crippen LogP contribution in [0, 0.1) is 6.92 Å². The molecule has 4 aromatic rings. The summed E-state index contributed by atoms with van der Waals surface area (Å²) in [5.41, 5.74) is 3.27. The lowest BCUT2D eigenvalue weighted by Crippen LogP contribution is -2.28. The van der Waals surface area contributed by atoms with Crippen LogP contribution < -0.4 is 20.5 Å². The number of pyridine rings is 2. The summed E-state index contributed by atoms with van der Waals surface area (Å²) in [7, 11) is 1.57. The largest absolute Gasteiger partial charge is 0.481 e. The number of hydrogen-bond acceptors (Lipinski definition) is 7. The molecule has 0 atom stereocenters. The first kappa shape index (κ1) is 19.4. The van der Waals surface area contributed by atoms with Crippen LogP contribution in [0.3, 0.4) is 0 Å². The number of hydrogen-bond donors (Lipinski definition) is 1. The molecular formula is C22H21N5O3. The first-order chi connectivity index (χ1) is 14.7. The Labute approximate surface area is 173 Å². The van der Waals surface area contributed by atoms with Crippen molar-refractivity contribution in [2.75, 3.05) is 12.4 Å². The van der Waals surface area contributed by atoms with Crippen LogP contribution in [0.1, 0.15) is 16.8 Å². The Morgan fingerprint density at radius 1 is 1.07 bits per heavy atom. The van der Waals surface area contributed by atoms with Crippen molar-refractivity contribution in [3.63, 3.8) is 0 Å². The van der Waals surface area contributed by atoms with Gasteiger partial charge in [0.15, 0.2) is 5.65 Å². The van der Waals surface area contributed by atoms with Gasteiger partial charge in [0.05, 0.1) is 23.9 Å². The van der Waals surface area contributed by atoms with Crippen molar-refractivity contribution in [3.8, 4) is 5.88 Å². The third-order valence-electron chi connectivity index (χ3n) is 4.66. The Balaban J connectivity index is 1.69. The van der Waals surface area contributed by atoms with Crippen molar-refractivity contribution in [2.45, 2.75) is 20.1 Å². The lowest BCUT2D eigenvalue weighted by molar-refractivity contribution is 0.0979. The van der Waals surface area contributed by atoms with Gasteiger partial charge in [0, 0.05) is 24.4 Å². The molecule has 1 N–H and O–H groups in total. The van der Waals surface area contributed by atoms with Crippen molar-refractivity contribution >= 4 is 16.7 Å². The minimum Gasteiger partial charge on any atom is -0.481 e. The van der Waals surface area contributed by atoms with Gasteiger partial charge in [-0.25, -0.2) is 15.0 Å². The van der Waals surface area contributed by atoms with Crippen molar-refractivity contribution < 1.29 is 9.57 Å². The second kappa shape index (κ2) is 8.60. The molecule has 0 amide bonds. The van der Waals surface area contributed by atoms with Crippen molar-refractivity contribution in [2.24, 2.45) is 0 Å². The predicted octanol–water partition coefficient (Wildman–Crippen LogP) is 2.74. The standard InChI is InChI=1S/C22H21N5O3/c1-15-20-18(24-12-17-9-6-10-23-22(17)29-2)11-19(28)27(21(20)26-14-25-15)30-13-16-7-4-3-5-8-16/h3-11,14,24H,12-13H2,1-2H3. The number of nitrogens with zero attached hydrogens (tertiary/aromatic N) is 4. The number of fused-ring (bicyclic) bond motifs is 1. The molecule has 0 saturated carbocycles. The van der Waals surface area contributed by atoms with Crippen LogP contribution in [0.5, 0.6) is 5.88 Å². The minimum absolute atomic E-state index is 0.249. The van der Waals surface area contributed by atoms with Crippen LogP contribution in [0.4, 0.5) is 5.69 Å². The first-order valence-electron chi connectivity index (χ1n) is 9.43. The second-order valence-corrected chi connectivity index (χ2v) is 6.63. The highest BCUT2D eigenvalue weighted by molar-refractivity contribution is 5.90. The molecule has 4 rings (SSSR count). The number of aryl methyl sites for hydroxylation is 1. The molecule has 0 aliphatic carbocycles. The van der Waals surface area contributed by atoms with E-state index in [1.54, 1.807) is 13.3 Å².